The predicted octanol–water partition coefficient (Wildman–Crippen LogP) is 5.67. The number of phenols is 1. The SMILES string of the molecule is CCCCCCC(C)(C)c1cc(O)c2c(c1)O[C@@](C)(CCO)[C@@H]1CC[C@@H](CO)C[C@@H]21. The van der Waals surface area contributed by atoms with Gasteiger partial charge in [-0.1, -0.05) is 46.5 Å². The van der Waals surface area contributed by atoms with Crippen molar-refractivity contribution in [1.82, 2.24) is 0 Å². The quantitative estimate of drug-likeness (QED) is 0.452. The molecular formula is C26H42O4. The Labute approximate surface area is 182 Å². The van der Waals surface area contributed by atoms with E-state index in [2.05, 4.69) is 33.8 Å². The van der Waals surface area contributed by atoms with Gasteiger partial charge >= 0.3 is 0 Å². The molecule has 0 radical (unpaired) electrons. The van der Waals surface area contributed by atoms with E-state index < -0.39 is 5.60 Å². The Morgan fingerprint density at radius 1 is 1.13 bits per heavy atom. The molecule has 1 aliphatic carbocycles. The van der Waals surface area contributed by atoms with Crippen molar-refractivity contribution in [3.05, 3.63) is 23.3 Å². The molecule has 1 aromatic carbocycles. The molecule has 1 aromatic rings. The molecule has 4 heteroatoms. The first kappa shape index (κ1) is 23.4. The number of unbranched alkanes of at least 4 members (excludes halogenated alkanes) is 3. The molecule has 1 fully saturated rings. The van der Waals surface area contributed by atoms with E-state index >= 15 is 0 Å². The summed E-state index contributed by atoms with van der Waals surface area (Å²) in [4.78, 5) is 0. The van der Waals surface area contributed by atoms with Gasteiger partial charge in [0, 0.05) is 31.1 Å². The highest BCUT2D eigenvalue weighted by atomic mass is 16.5. The van der Waals surface area contributed by atoms with E-state index in [4.69, 9.17) is 4.74 Å². The van der Waals surface area contributed by atoms with Crippen LogP contribution in [0.15, 0.2) is 12.1 Å². The van der Waals surface area contributed by atoms with Gasteiger partial charge in [0.25, 0.3) is 0 Å². The molecule has 0 bridgehead atoms. The van der Waals surface area contributed by atoms with Gasteiger partial charge in [0.15, 0.2) is 0 Å². The number of hydrogen-bond acceptors (Lipinski definition) is 4. The van der Waals surface area contributed by atoms with Gasteiger partial charge in [0.2, 0.25) is 0 Å². The lowest BCUT2D eigenvalue weighted by Crippen LogP contribution is -2.50. The molecule has 0 spiro atoms. The van der Waals surface area contributed by atoms with E-state index in [-0.39, 0.29) is 36.4 Å². The maximum Gasteiger partial charge on any atom is 0.127 e. The molecular weight excluding hydrogens is 376 g/mol. The van der Waals surface area contributed by atoms with E-state index in [9.17, 15) is 15.3 Å². The molecule has 0 aromatic heterocycles. The highest BCUT2D eigenvalue weighted by Gasteiger charge is 2.49. The molecule has 0 saturated heterocycles. The van der Waals surface area contributed by atoms with Crippen LogP contribution in [0, 0.1) is 11.8 Å². The Morgan fingerprint density at radius 3 is 2.57 bits per heavy atom. The van der Waals surface area contributed by atoms with Crippen LogP contribution in [0.2, 0.25) is 0 Å². The van der Waals surface area contributed by atoms with Gasteiger partial charge in [-0.05, 0) is 67.6 Å². The van der Waals surface area contributed by atoms with Crippen LogP contribution in [-0.4, -0.2) is 34.1 Å². The summed E-state index contributed by atoms with van der Waals surface area (Å²) in [6, 6.07) is 4.10. The molecule has 1 aliphatic heterocycles. The van der Waals surface area contributed by atoms with Gasteiger partial charge in [-0.15, -0.1) is 0 Å². The first-order chi connectivity index (χ1) is 14.3. The second kappa shape index (κ2) is 9.48. The third-order valence-corrected chi connectivity index (χ3v) is 7.88. The smallest absolute Gasteiger partial charge is 0.127 e. The predicted molar refractivity (Wildman–Crippen MR) is 121 cm³/mol. The maximum absolute atomic E-state index is 11.1. The van der Waals surface area contributed by atoms with Crippen LogP contribution in [0.4, 0.5) is 0 Å². The van der Waals surface area contributed by atoms with Crippen molar-refractivity contribution in [2.24, 2.45) is 11.8 Å². The summed E-state index contributed by atoms with van der Waals surface area (Å²) >= 11 is 0. The van der Waals surface area contributed by atoms with E-state index in [1.807, 2.05) is 6.07 Å². The lowest BCUT2D eigenvalue weighted by Gasteiger charge is -2.50. The van der Waals surface area contributed by atoms with Crippen LogP contribution in [0.1, 0.15) is 103 Å². The van der Waals surface area contributed by atoms with Gasteiger partial charge in [-0.3, -0.25) is 0 Å². The first-order valence-corrected chi connectivity index (χ1v) is 12.0. The minimum atomic E-state index is -0.441. The van der Waals surface area contributed by atoms with E-state index in [0.29, 0.717) is 12.2 Å². The highest BCUT2D eigenvalue weighted by molar-refractivity contribution is 5.53. The lowest BCUT2D eigenvalue weighted by atomic mass is 9.62. The van der Waals surface area contributed by atoms with Crippen molar-refractivity contribution in [3.63, 3.8) is 0 Å². The second-order valence-electron chi connectivity index (χ2n) is 10.6. The standard InChI is InChI=1S/C26H42O4/c1-5-6-7-8-11-25(2,3)19-15-22(29)24-20-14-18(17-28)9-10-21(20)26(4,12-13-27)30-23(24)16-19/h15-16,18,20-21,27-29H,5-14,17H2,1-4H3/t18-,20-,21-,26+/m1/s1. The van der Waals surface area contributed by atoms with Gasteiger partial charge in [0.05, 0.1) is 0 Å². The molecule has 30 heavy (non-hydrogen) atoms. The Hall–Kier alpha value is -1.26. The zero-order valence-electron chi connectivity index (χ0n) is 19.4. The minimum Gasteiger partial charge on any atom is -0.508 e. The molecule has 0 unspecified atom stereocenters. The summed E-state index contributed by atoms with van der Waals surface area (Å²) < 4.78 is 6.58. The van der Waals surface area contributed by atoms with Crippen LogP contribution < -0.4 is 4.74 Å². The van der Waals surface area contributed by atoms with Gasteiger partial charge in [-0.25, -0.2) is 0 Å². The second-order valence-corrected chi connectivity index (χ2v) is 10.6. The lowest BCUT2D eigenvalue weighted by molar-refractivity contribution is -0.0486. The fraction of sp³-hybridized carbons (Fsp3) is 0.769. The molecule has 0 amide bonds. The summed E-state index contributed by atoms with van der Waals surface area (Å²) in [5.41, 5.74) is 1.56. The number of rotatable bonds is 9. The number of hydrogen-bond donors (Lipinski definition) is 3. The van der Waals surface area contributed by atoms with E-state index in [1.54, 1.807) is 0 Å². The summed E-state index contributed by atoms with van der Waals surface area (Å²) in [6.07, 6.45) is 9.39. The Kier molecular flexibility index (Phi) is 7.40. The normalized spacial score (nSPS) is 28.5. The van der Waals surface area contributed by atoms with Crippen LogP contribution in [0.5, 0.6) is 11.5 Å². The fourth-order valence-electron chi connectivity index (χ4n) is 5.86. The average Bonchev–Trinajstić information content (AvgIpc) is 2.70. The summed E-state index contributed by atoms with van der Waals surface area (Å²) in [5.74, 6) is 1.80. The number of aliphatic hydroxyl groups is 2. The molecule has 1 saturated carbocycles. The van der Waals surface area contributed by atoms with Gasteiger partial charge < -0.3 is 20.1 Å². The summed E-state index contributed by atoms with van der Waals surface area (Å²) in [7, 11) is 0. The van der Waals surface area contributed by atoms with Gasteiger partial charge in [-0.2, -0.15) is 0 Å². The Bertz CT molecular complexity index is 713. The number of ether oxygens (including phenoxy) is 1. The number of benzene rings is 1. The molecule has 3 rings (SSSR count). The highest BCUT2D eigenvalue weighted by Crippen LogP contribution is 2.56. The number of aliphatic hydroxyl groups excluding tert-OH is 2. The molecule has 3 N–H and O–H groups in total. The van der Waals surface area contributed by atoms with Crippen molar-refractivity contribution in [3.8, 4) is 11.5 Å². The number of aromatic hydroxyl groups is 1. The zero-order chi connectivity index (χ0) is 21.9. The molecule has 170 valence electrons. The third-order valence-electron chi connectivity index (χ3n) is 7.88. The van der Waals surface area contributed by atoms with Crippen LogP contribution >= 0.6 is 0 Å². The number of fused-ring (bicyclic) bond motifs is 3. The van der Waals surface area contributed by atoms with Gasteiger partial charge in [0.1, 0.15) is 17.1 Å². The molecule has 2 aliphatic rings. The molecule has 1 heterocycles. The number of phenolic OH excluding ortho intramolecular Hbond substituents is 1. The topological polar surface area (TPSA) is 69.9 Å². The Balaban J connectivity index is 1.95. The van der Waals surface area contributed by atoms with Crippen molar-refractivity contribution < 1.29 is 20.1 Å². The largest absolute Gasteiger partial charge is 0.508 e. The summed E-state index contributed by atoms with van der Waals surface area (Å²) in [6.45, 7) is 9.13. The first-order valence-electron chi connectivity index (χ1n) is 12.0. The van der Waals surface area contributed by atoms with Crippen LogP contribution in [0.25, 0.3) is 0 Å². The summed E-state index contributed by atoms with van der Waals surface area (Å²) in [5, 5.41) is 30.6. The third kappa shape index (κ3) is 4.65. The van der Waals surface area contributed by atoms with Crippen molar-refractivity contribution in [2.45, 2.75) is 102 Å². The van der Waals surface area contributed by atoms with Crippen molar-refractivity contribution in [2.75, 3.05) is 13.2 Å². The van der Waals surface area contributed by atoms with Crippen molar-refractivity contribution in [1.29, 1.82) is 0 Å². The van der Waals surface area contributed by atoms with Crippen LogP contribution in [0.3, 0.4) is 0 Å². The Morgan fingerprint density at radius 2 is 1.90 bits per heavy atom. The van der Waals surface area contributed by atoms with Crippen molar-refractivity contribution >= 4 is 0 Å². The van der Waals surface area contributed by atoms with Crippen LogP contribution in [-0.2, 0) is 5.41 Å². The average molecular weight is 419 g/mol. The molecule has 4 atom stereocenters. The van der Waals surface area contributed by atoms with E-state index in [0.717, 1.165) is 42.6 Å². The minimum absolute atomic E-state index is 0.0337. The molecule has 4 nitrogen and oxygen atoms in total. The zero-order valence-corrected chi connectivity index (χ0v) is 19.4. The fourth-order valence-corrected chi connectivity index (χ4v) is 5.86. The van der Waals surface area contributed by atoms with E-state index in [1.165, 1.54) is 25.7 Å². The monoisotopic (exact) mass is 418 g/mol. The maximum atomic E-state index is 11.1.